The van der Waals surface area contributed by atoms with Gasteiger partial charge in [-0.3, -0.25) is 5.32 Å². The molecule has 0 saturated heterocycles. The van der Waals surface area contributed by atoms with Crippen LogP contribution in [0, 0.1) is 11.8 Å². The molecule has 0 saturated carbocycles. The molecule has 0 spiro atoms. The molecule has 0 bridgehead atoms. The molecule has 0 atom stereocenters. The predicted molar refractivity (Wildman–Crippen MR) is 74.9 cm³/mol. The van der Waals surface area contributed by atoms with Gasteiger partial charge in [-0.25, -0.2) is 4.79 Å². The molecule has 3 nitrogen and oxygen atoms in total. The van der Waals surface area contributed by atoms with Crippen LogP contribution in [0.25, 0.3) is 0 Å². The Labute approximate surface area is 121 Å². The van der Waals surface area contributed by atoms with Crippen molar-refractivity contribution < 1.29 is 9.53 Å². The van der Waals surface area contributed by atoms with Gasteiger partial charge in [0.25, 0.3) is 0 Å². The largest absolute Gasteiger partial charge is 0.436 e. The molecular formula is C11H12AlCl2NO2. The van der Waals surface area contributed by atoms with Gasteiger partial charge < -0.3 is 4.74 Å². The summed E-state index contributed by atoms with van der Waals surface area (Å²) in [5.41, 5.74) is 0.572. The second-order valence-electron chi connectivity index (χ2n) is 2.70. The van der Waals surface area contributed by atoms with Crippen molar-refractivity contribution in [2.45, 2.75) is 0 Å². The highest BCUT2D eigenvalue weighted by Crippen LogP contribution is 2.14. The fourth-order valence-electron chi connectivity index (χ4n) is 0.920. The first-order valence-corrected chi connectivity index (χ1v) is 5.34. The molecule has 90 valence electrons. The molecular weight excluding hydrogens is 276 g/mol. The van der Waals surface area contributed by atoms with Gasteiger partial charge in [0.1, 0.15) is 0 Å². The quantitative estimate of drug-likeness (QED) is 0.513. The van der Waals surface area contributed by atoms with E-state index in [1.807, 2.05) is 0 Å². The summed E-state index contributed by atoms with van der Waals surface area (Å²) in [6.45, 7) is 0.0130. The minimum absolute atomic E-state index is 0. The van der Waals surface area contributed by atoms with Crippen molar-refractivity contribution in [1.82, 2.24) is 0 Å². The van der Waals surface area contributed by atoms with Crippen LogP contribution in [-0.2, 0) is 4.74 Å². The highest BCUT2D eigenvalue weighted by atomic mass is 35.5. The van der Waals surface area contributed by atoms with Crippen molar-refractivity contribution in [2.24, 2.45) is 0 Å². The summed E-state index contributed by atoms with van der Waals surface area (Å²) in [5, 5.41) is 3.05. The molecule has 1 amide bonds. The van der Waals surface area contributed by atoms with E-state index in [-0.39, 0.29) is 29.8 Å². The van der Waals surface area contributed by atoms with Crippen molar-refractivity contribution in [2.75, 3.05) is 17.8 Å². The smallest absolute Gasteiger partial charge is 0.412 e. The lowest BCUT2D eigenvalue weighted by atomic mass is 10.3. The van der Waals surface area contributed by atoms with Gasteiger partial charge in [0.05, 0.1) is 5.88 Å². The fraction of sp³-hybridized carbons (Fsp3) is 0.182. The maximum Gasteiger partial charge on any atom is 0.412 e. The molecule has 0 radical (unpaired) electrons. The summed E-state index contributed by atoms with van der Waals surface area (Å²) >= 11 is 11.1. The molecule has 0 aliphatic carbocycles. The summed E-state index contributed by atoms with van der Waals surface area (Å²) in [5.74, 6) is 5.36. The Morgan fingerprint density at radius 1 is 1.41 bits per heavy atom. The monoisotopic (exact) mass is 287 g/mol. The molecule has 0 heterocycles. The number of ether oxygens (including phenoxy) is 1. The first kappa shape index (κ1) is 16.2. The van der Waals surface area contributed by atoms with E-state index in [9.17, 15) is 4.79 Å². The molecule has 1 aromatic rings. The van der Waals surface area contributed by atoms with Gasteiger partial charge >= 0.3 is 6.09 Å². The molecule has 1 N–H and O–H groups in total. The summed E-state index contributed by atoms with van der Waals surface area (Å²) in [6.07, 6.45) is -0.578. The van der Waals surface area contributed by atoms with Crippen LogP contribution in [0.3, 0.4) is 0 Å². The Kier molecular flexibility index (Phi) is 8.77. The third-order valence-electron chi connectivity index (χ3n) is 1.54. The summed E-state index contributed by atoms with van der Waals surface area (Å²) in [4.78, 5) is 11.2. The van der Waals surface area contributed by atoms with E-state index in [0.717, 1.165) is 0 Å². The third kappa shape index (κ3) is 7.15. The van der Waals surface area contributed by atoms with Crippen molar-refractivity contribution in [3.05, 3.63) is 29.3 Å². The summed E-state index contributed by atoms with van der Waals surface area (Å²) in [6, 6.07) is 6.76. The van der Waals surface area contributed by atoms with Crippen molar-refractivity contribution in [3.63, 3.8) is 0 Å². The number of alkyl halides is 1. The molecule has 0 aromatic heterocycles. The van der Waals surface area contributed by atoms with Crippen LogP contribution < -0.4 is 5.32 Å². The van der Waals surface area contributed by atoms with E-state index in [2.05, 4.69) is 17.2 Å². The number of carbonyl (C=O) groups is 1. The van der Waals surface area contributed by atoms with E-state index >= 15 is 0 Å². The normalized spacial score (nSPS) is 8.35. The summed E-state index contributed by atoms with van der Waals surface area (Å²) in [7, 11) is 0. The van der Waals surface area contributed by atoms with Crippen LogP contribution in [0.1, 0.15) is 0 Å². The van der Waals surface area contributed by atoms with Gasteiger partial charge in [-0.05, 0) is 18.2 Å². The Balaban J connectivity index is 0.00000256. The average molecular weight is 288 g/mol. The van der Waals surface area contributed by atoms with Crippen LogP contribution in [0.15, 0.2) is 24.3 Å². The fourth-order valence-corrected chi connectivity index (χ4v) is 1.20. The maximum absolute atomic E-state index is 11.2. The Morgan fingerprint density at radius 2 is 2.18 bits per heavy atom. The van der Waals surface area contributed by atoms with Crippen molar-refractivity contribution in [3.8, 4) is 11.8 Å². The zero-order chi connectivity index (χ0) is 11.8. The molecule has 0 aliphatic heterocycles. The molecule has 0 aliphatic rings. The average Bonchev–Trinajstić information content (AvgIpc) is 2.24. The highest BCUT2D eigenvalue weighted by molar-refractivity contribution is 6.30. The molecule has 6 heteroatoms. The molecule has 0 fully saturated rings. The lowest BCUT2D eigenvalue weighted by molar-refractivity contribution is 0.176. The number of anilines is 1. The molecule has 1 rings (SSSR count). The van der Waals surface area contributed by atoms with Gasteiger partial charge in [-0.15, -0.1) is 11.6 Å². The number of halogens is 2. The second-order valence-corrected chi connectivity index (χ2v) is 3.40. The van der Waals surface area contributed by atoms with Gasteiger partial charge in [-0.2, -0.15) is 0 Å². The zero-order valence-corrected chi connectivity index (χ0v) is 9.81. The number of carbonyl (C=O) groups excluding carboxylic acids is 1. The maximum atomic E-state index is 11.2. The third-order valence-corrected chi connectivity index (χ3v) is 1.91. The Morgan fingerprint density at radius 3 is 2.82 bits per heavy atom. The Bertz CT molecular complexity index is 429. The van der Waals surface area contributed by atoms with E-state index in [0.29, 0.717) is 10.7 Å². The number of rotatable bonds is 2. The number of amides is 1. The van der Waals surface area contributed by atoms with Crippen LogP contribution in [0.4, 0.5) is 10.5 Å². The van der Waals surface area contributed by atoms with Crippen LogP contribution >= 0.6 is 23.2 Å². The minimum Gasteiger partial charge on any atom is -0.436 e. The van der Waals surface area contributed by atoms with Crippen molar-refractivity contribution >= 4 is 52.3 Å². The number of hydrogen-bond donors (Lipinski definition) is 1. The number of hydrogen-bond acceptors (Lipinski definition) is 2. The summed E-state index contributed by atoms with van der Waals surface area (Å²) < 4.78 is 4.76. The molecule has 0 unspecified atom stereocenters. The van der Waals surface area contributed by atoms with Crippen molar-refractivity contribution in [1.29, 1.82) is 0 Å². The molecule has 1 aromatic carbocycles. The highest BCUT2D eigenvalue weighted by Gasteiger charge is 2.01. The number of benzene rings is 1. The van der Waals surface area contributed by atoms with E-state index in [4.69, 9.17) is 27.9 Å². The molecule has 17 heavy (non-hydrogen) atoms. The lowest BCUT2D eigenvalue weighted by Gasteiger charge is -2.04. The van der Waals surface area contributed by atoms with Gasteiger partial charge in [0.2, 0.25) is 0 Å². The topological polar surface area (TPSA) is 38.3 Å². The van der Waals surface area contributed by atoms with Crippen LogP contribution in [-0.4, -0.2) is 35.9 Å². The van der Waals surface area contributed by atoms with Crippen LogP contribution in [0.5, 0.6) is 0 Å². The SMILES string of the molecule is O=C(Nc1cccc(Cl)c1)OCC#CCCl.[AlH3]. The number of nitrogens with one attached hydrogen (secondary N) is 1. The standard InChI is InChI=1S/C11H9Cl2NO2.Al.3H/c12-6-1-2-7-16-11(15)14-10-5-3-4-9(13)8-10;;;;/h3-5,8H,6-7H2,(H,14,15);;;;. The van der Waals surface area contributed by atoms with E-state index in [1.165, 1.54) is 0 Å². The van der Waals surface area contributed by atoms with Gasteiger partial charge in [0, 0.05) is 10.7 Å². The van der Waals surface area contributed by atoms with Crippen LogP contribution in [0.2, 0.25) is 5.02 Å². The first-order valence-electron chi connectivity index (χ1n) is 4.43. The van der Waals surface area contributed by atoms with E-state index < -0.39 is 6.09 Å². The Hall–Kier alpha value is -0.838. The second kappa shape index (κ2) is 9.22. The minimum atomic E-state index is -0.578. The lowest BCUT2D eigenvalue weighted by Crippen LogP contribution is -2.13. The zero-order valence-electron chi connectivity index (χ0n) is 8.30. The first-order chi connectivity index (χ1) is 7.72. The van der Waals surface area contributed by atoms with E-state index in [1.54, 1.807) is 24.3 Å². The predicted octanol–water partition coefficient (Wildman–Crippen LogP) is 1.95. The van der Waals surface area contributed by atoms with Gasteiger partial charge in [-0.1, -0.05) is 29.5 Å². The van der Waals surface area contributed by atoms with Gasteiger partial charge in [0.15, 0.2) is 24.0 Å².